The smallest absolute Gasteiger partial charge is 0.310 e. The second-order valence-electron chi connectivity index (χ2n) is 4.79. The van der Waals surface area contributed by atoms with Gasteiger partial charge in [0, 0.05) is 13.1 Å². The maximum Gasteiger partial charge on any atom is 0.310 e. The molecule has 114 valence electrons. The maximum atomic E-state index is 12.1. The largest absolute Gasteiger partial charge is 0.493 e. The van der Waals surface area contributed by atoms with Crippen molar-refractivity contribution in [2.75, 3.05) is 33.9 Å². The number of likely N-dealkylation sites (tertiary alicyclic amines) is 1. The monoisotopic (exact) mass is 293 g/mol. The van der Waals surface area contributed by atoms with Gasteiger partial charge in [0.15, 0.2) is 18.1 Å². The lowest BCUT2D eigenvalue weighted by Crippen LogP contribution is -2.34. The average molecular weight is 293 g/mol. The van der Waals surface area contributed by atoms with Crippen molar-refractivity contribution in [3.05, 3.63) is 24.3 Å². The first kappa shape index (κ1) is 15.2. The molecule has 0 N–H and O–H groups in total. The van der Waals surface area contributed by atoms with Crippen molar-refractivity contribution in [2.24, 2.45) is 5.92 Å². The Morgan fingerprint density at radius 3 is 2.62 bits per heavy atom. The van der Waals surface area contributed by atoms with Gasteiger partial charge < -0.3 is 19.1 Å². The number of hydrogen-bond donors (Lipinski definition) is 0. The molecule has 0 radical (unpaired) electrons. The average Bonchev–Trinajstić information content (AvgIpc) is 3.02. The molecule has 6 heteroatoms. The van der Waals surface area contributed by atoms with Gasteiger partial charge in [-0.3, -0.25) is 9.59 Å². The highest BCUT2D eigenvalue weighted by atomic mass is 16.5. The van der Waals surface area contributed by atoms with Crippen molar-refractivity contribution in [2.45, 2.75) is 6.42 Å². The first-order valence-electron chi connectivity index (χ1n) is 6.77. The molecule has 0 saturated carbocycles. The van der Waals surface area contributed by atoms with Crippen molar-refractivity contribution < 1.29 is 23.8 Å². The summed E-state index contributed by atoms with van der Waals surface area (Å²) in [6.07, 6.45) is 0.632. The van der Waals surface area contributed by atoms with E-state index in [2.05, 4.69) is 0 Å². The van der Waals surface area contributed by atoms with Crippen molar-refractivity contribution in [3.63, 3.8) is 0 Å². The highest BCUT2D eigenvalue weighted by Crippen LogP contribution is 2.26. The van der Waals surface area contributed by atoms with Gasteiger partial charge in [0.1, 0.15) is 0 Å². The number of para-hydroxylation sites is 2. The maximum absolute atomic E-state index is 12.1. The van der Waals surface area contributed by atoms with Crippen LogP contribution in [-0.2, 0) is 14.3 Å². The molecule has 2 rings (SSSR count). The Bertz CT molecular complexity index is 517. The summed E-state index contributed by atoms with van der Waals surface area (Å²) in [7, 11) is 2.91. The Morgan fingerprint density at radius 2 is 1.95 bits per heavy atom. The Kier molecular flexibility index (Phi) is 5.03. The molecule has 0 bridgehead atoms. The highest BCUT2D eigenvalue weighted by Gasteiger charge is 2.31. The first-order chi connectivity index (χ1) is 10.2. The van der Waals surface area contributed by atoms with Crippen LogP contribution in [0, 0.1) is 5.92 Å². The van der Waals surface area contributed by atoms with Gasteiger partial charge in [-0.05, 0) is 18.6 Å². The van der Waals surface area contributed by atoms with E-state index in [1.54, 1.807) is 24.1 Å². The van der Waals surface area contributed by atoms with Crippen LogP contribution in [0.1, 0.15) is 6.42 Å². The minimum Gasteiger partial charge on any atom is -0.493 e. The predicted molar refractivity (Wildman–Crippen MR) is 75.2 cm³/mol. The third kappa shape index (κ3) is 3.65. The summed E-state index contributed by atoms with van der Waals surface area (Å²) in [5.74, 6) is 0.463. The molecular weight excluding hydrogens is 274 g/mol. The molecule has 0 aliphatic carbocycles. The molecule has 6 nitrogen and oxygen atoms in total. The fraction of sp³-hybridized carbons (Fsp3) is 0.467. The minimum absolute atomic E-state index is 0.0751. The number of carbonyl (C=O) groups is 2. The van der Waals surface area contributed by atoms with Gasteiger partial charge in [-0.1, -0.05) is 12.1 Å². The zero-order chi connectivity index (χ0) is 15.2. The minimum atomic E-state index is -0.268. The van der Waals surface area contributed by atoms with Crippen molar-refractivity contribution >= 4 is 11.9 Å². The van der Waals surface area contributed by atoms with Crippen LogP contribution in [0.25, 0.3) is 0 Å². The molecule has 1 atom stereocenters. The summed E-state index contributed by atoms with van der Waals surface area (Å²) < 4.78 is 15.3. The molecule has 1 aromatic carbocycles. The van der Waals surface area contributed by atoms with Crippen LogP contribution in [-0.4, -0.2) is 50.7 Å². The number of amides is 1. The zero-order valence-electron chi connectivity index (χ0n) is 12.2. The molecule has 1 fully saturated rings. The number of hydrogen-bond acceptors (Lipinski definition) is 5. The van der Waals surface area contributed by atoms with Crippen LogP contribution >= 0.6 is 0 Å². The molecule has 1 aliphatic heterocycles. The quantitative estimate of drug-likeness (QED) is 0.761. The van der Waals surface area contributed by atoms with Gasteiger partial charge in [0.2, 0.25) is 0 Å². The number of nitrogens with zero attached hydrogens (tertiary/aromatic N) is 1. The number of rotatable bonds is 5. The van der Waals surface area contributed by atoms with E-state index in [1.165, 1.54) is 7.11 Å². The van der Waals surface area contributed by atoms with Gasteiger partial charge >= 0.3 is 5.97 Å². The molecule has 21 heavy (non-hydrogen) atoms. The van der Waals surface area contributed by atoms with Crippen LogP contribution in [0.3, 0.4) is 0 Å². The van der Waals surface area contributed by atoms with E-state index in [4.69, 9.17) is 14.2 Å². The predicted octanol–water partition coefficient (Wildman–Crippen LogP) is 1.10. The van der Waals surface area contributed by atoms with Crippen LogP contribution in [0.15, 0.2) is 24.3 Å². The summed E-state index contributed by atoms with van der Waals surface area (Å²) >= 11 is 0. The first-order valence-corrected chi connectivity index (χ1v) is 6.77. The van der Waals surface area contributed by atoms with Crippen molar-refractivity contribution in [3.8, 4) is 11.5 Å². The van der Waals surface area contributed by atoms with Gasteiger partial charge in [-0.2, -0.15) is 0 Å². The molecule has 1 aromatic rings. The molecule has 1 amide bonds. The topological polar surface area (TPSA) is 65.1 Å². The second kappa shape index (κ2) is 6.97. The van der Waals surface area contributed by atoms with Crippen LogP contribution in [0.2, 0.25) is 0 Å². The van der Waals surface area contributed by atoms with E-state index in [0.29, 0.717) is 31.0 Å². The zero-order valence-corrected chi connectivity index (χ0v) is 12.2. The SMILES string of the molecule is COC(=O)C1CCN(C(=O)COc2ccccc2OC)C1. The molecule has 1 unspecified atom stereocenters. The lowest BCUT2D eigenvalue weighted by molar-refractivity contribution is -0.145. The molecule has 1 aliphatic rings. The number of esters is 1. The summed E-state index contributed by atoms with van der Waals surface area (Å²) in [6, 6.07) is 7.15. The van der Waals surface area contributed by atoms with E-state index in [9.17, 15) is 9.59 Å². The third-order valence-corrected chi connectivity index (χ3v) is 3.50. The summed E-state index contributed by atoms with van der Waals surface area (Å²) in [6.45, 7) is 0.864. The Morgan fingerprint density at radius 1 is 1.24 bits per heavy atom. The molecule has 0 spiro atoms. The van der Waals surface area contributed by atoms with Crippen LogP contribution < -0.4 is 9.47 Å². The van der Waals surface area contributed by atoms with E-state index in [1.807, 2.05) is 12.1 Å². The summed E-state index contributed by atoms with van der Waals surface area (Å²) in [4.78, 5) is 25.1. The second-order valence-corrected chi connectivity index (χ2v) is 4.79. The summed E-state index contributed by atoms with van der Waals surface area (Å²) in [5, 5.41) is 0. The Balaban J connectivity index is 1.87. The van der Waals surface area contributed by atoms with E-state index in [0.717, 1.165) is 0 Å². The van der Waals surface area contributed by atoms with Gasteiger partial charge in [-0.15, -0.1) is 0 Å². The number of methoxy groups -OCH3 is 2. The van der Waals surface area contributed by atoms with Gasteiger partial charge in [0.05, 0.1) is 20.1 Å². The van der Waals surface area contributed by atoms with Gasteiger partial charge in [0.25, 0.3) is 5.91 Å². The number of ether oxygens (including phenoxy) is 3. The number of benzene rings is 1. The van der Waals surface area contributed by atoms with Crippen molar-refractivity contribution in [1.82, 2.24) is 4.90 Å². The molecular formula is C15H19NO5. The third-order valence-electron chi connectivity index (χ3n) is 3.50. The fourth-order valence-corrected chi connectivity index (χ4v) is 2.31. The van der Waals surface area contributed by atoms with Gasteiger partial charge in [-0.25, -0.2) is 0 Å². The van der Waals surface area contributed by atoms with E-state index >= 15 is 0 Å². The standard InChI is InChI=1S/C15H19NO5/c1-19-12-5-3-4-6-13(12)21-10-14(17)16-8-7-11(9-16)15(18)20-2/h3-6,11H,7-10H2,1-2H3. The Hall–Kier alpha value is -2.24. The van der Waals surface area contributed by atoms with Crippen LogP contribution in [0.5, 0.6) is 11.5 Å². The van der Waals surface area contributed by atoms with Crippen molar-refractivity contribution in [1.29, 1.82) is 0 Å². The fourth-order valence-electron chi connectivity index (χ4n) is 2.31. The highest BCUT2D eigenvalue weighted by molar-refractivity contribution is 5.80. The normalized spacial score (nSPS) is 17.4. The lowest BCUT2D eigenvalue weighted by atomic mass is 10.1. The van der Waals surface area contributed by atoms with E-state index in [-0.39, 0.29) is 24.4 Å². The molecule has 1 heterocycles. The lowest BCUT2D eigenvalue weighted by Gasteiger charge is -2.17. The Labute approximate surface area is 123 Å². The van der Waals surface area contributed by atoms with Crippen LogP contribution in [0.4, 0.5) is 0 Å². The summed E-state index contributed by atoms with van der Waals surface area (Å²) in [5.41, 5.74) is 0. The molecule has 1 saturated heterocycles. The number of carbonyl (C=O) groups excluding carboxylic acids is 2. The molecule has 0 aromatic heterocycles. The van der Waals surface area contributed by atoms with E-state index < -0.39 is 0 Å².